The van der Waals surface area contributed by atoms with Crippen LogP contribution >= 0.6 is 0 Å². The number of carboxylic acids is 1. The highest BCUT2D eigenvalue weighted by atomic mass is 16.6. The first-order valence-electron chi connectivity index (χ1n) is 12.4. The second-order valence-corrected chi connectivity index (χ2v) is 9.83. The van der Waals surface area contributed by atoms with Gasteiger partial charge in [0.25, 0.3) is 5.91 Å². The van der Waals surface area contributed by atoms with Gasteiger partial charge in [-0.1, -0.05) is 0 Å². The number of nitrogens with zero attached hydrogens (tertiary/aromatic N) is 1. The number of nitrogens with one attached hydrogen (secondary N) is 1. The molecule has 1 aliphatic rings. The van der Waals surface area contributed by atoms with Crippen molar-refractivity contribution in [2.24, 2.45) is 0 Å². The molecule has 0 unspecified atom stereocenters. The first kappa shape index (κ1) is 29.7. The Morgan fingerprint density at radius 1 is 1.11 bits per heavy atom. The number of esters is 1. The van der Waals surface area contributed by atoms with Crippen LogP contribution in [0.15, 0.2) is 12.1 Å². The van der Waals surface area contributed by atoms with Crippen molar-refractivity contribution in [1.82, 2.24) is 4.90 Å². The van der Waals surface area contributed by atoms with Crippen molar-refractivity contribution in [1.29, 1.82) is 0 Å². The summed E-state index contributed by atoms with van der Waals surface area (Å²) in [5, 5.41) is 11.4. The SMILES string of the molecule is COc1cc(C(=O)N2CCC[C@H]2COC(C)=O)c(NC(=O)OC(C)(C)C)cc1OCCCCCC(=O)O. The monoisotopic (exact) mass is 522 g/mol. The zero-order chi connectivity index (χ0) is 27.6. The number of carboxylic acid groups (broad SMARTS) is 1. The van der Waals surface area contributed by atoms with Gasteiger partial charge < -0.3 is 29.0 Å². The number of benzene rings is 1. The molecule has 206 valence electrons. The van der Waals surface area contributed by atoms with Gasteiger partial charge in [0.15, 0.2) is 11.5 Å². The number of hydrogen-bond acceptors (Lipinski definition) is 8. The van der Waals surface area contributed by atoms with E-state index in [0.717, 1.165) is 6.42 Å². The summed E-state index contributed by atoms with van der Waals surface area (Å²) in [5.41, 5.74) is -0.370. The summed E-state index contributed by atoms with van der Waals surface area (Å²) in [4.78, 5) is 49.8. The van der Waals surface area contributed by atoms with Crippen molar-refractivity contribution in [3.63, 3.8) is 0 Å². The number of amides is 2. The fourth-order valence-electron chi connectivity index (χ4n) is 3.91. The molecule has 1 fully saturated rings. The number of rotatable bonds is 12. The van der Waals surface area contributed by atoms with Gasteiger partial charge in [0.05, 0.1) is 31.0 Å². The number of methoxy groups -OCH3 is 1. The topological polar surface area (TPSA) is 141 Å². The lowest BCUT2D eigenvalue weighted by Crippen LogP contribution is -2.39. The Kier molecular flexibility index (Phi) is 11.0. The molecular formula is C26H38N2O9. The zero-order valence-corrected chi connectivity index (χ0v) is 22.3. The van der Waals surface area contributed by atoms with E-state index in [9.17, 15) is 19.2 Å². The van der Waals surface area contributed by atoms with E-state index in [4.69, 9.17) is 24.1 Å². The molecule has 2 rings (SSSR count). The van der Waals surface area contributed by atoms with Gasteiger partial charge in [-0.05, 0) is 58.9 Å². The summed E-state index contributed by atoms with van der Waals surface area (Å²) in [5.74, 6) is -0.980. The van der Waals surface area contributed by atoms with Gasteiger partial charge in [0.1, 0.15) is 12.2 Å². The minimum Gasteiger partial charge on any atom is -0.493 e. The van der Waals surface area contributed by atoms with E-state index in [-0.39, 0.29) is 36.2 Å². The molecule has 0 aromatic heterocycles. The predicted octanol–water partition coefficient (Wildman–Crippen LogP) is 4.23. The molecule has 1 aromatic rings. The lowest BCUT2D eigenvalue weighted by atomic mass is 10.1. The molecule has 0 saturated carbocycles. The van der Waals surface area contributed by atoms with Gasteiger partial charge in [-0.2, -0.15) is 0 Å². The number of carbonyl (C=O) groups is 4. The van der Waals surface area contributed by atoms with Crippen LogP contribution in [0.3, 0.4) is 0 Å². The Bertz CT molecular complexity index is 972. The van der Waals surface area contributed by atoms with E-state index >= 15 is 0 Å². The zero-order valence-electron chi connectivity index (χ0n) is 22.3. The Hall–Kier alpha value is -3.50. The van der Waals surface area contributed by atoms with Gasteiger partial charge >= 0.3 is 18.0 Å². The van der Waals surface area contributed by atoms with Crippen LogP contribution in [0.1, 0.15) is 76.6 Å². The van der Waals surface area contributed by atoms with Crippen LogP contribution < -0.4 is 14.8 Å². The maximum atomic E-state index is 13.6. The van der Waals surface area contributed by atoms with E-state index < -0.39 is 23.6 Å². The molecule has 11 heteroatoms. The van der Waals surface area contributed by atoms with Crippen molar-refractivity contribution in [2.75, 3.05) is 32.2 Å². The second kappa shape index (κ2) is 13.7. The number of carbonyl (C=O) groups excluding carboxylic acids is 3. The highest BCUT2D eigenvalue weighted by Crippen LogP contribution is 2.36. The maximum absolute atomic E-state index is 13.6. The molecule has 0 bridgehead atoms. The van der Waals surface area contributed by atoms with Crippen molar-refractivity contribution in [2.45, 2.75) is 77.9 Å². The van der Waals surface area contributed by atoms with Crippen LogP contribution in [0.25, 0.3) is 0 Å². The molecule has 0 radical (unpaired) electrons. The molecule has 0 spiro atoms. The minimum absolute atomic E-state index is 0.0934. The molecule has 37 heavy (non-hydrogen) atoms. The smallest absolute Gasteiger partial charge is 0.412 e. The first-order chi connectivity index (χ1) is 17.4. The summed E-state index contributed by atoms with van der Waals surface area (Å²) >= 11 is 0. The molecule has 1 aliphatic heterocycles. The van der Waals surface area contributed by atoms with Crippen LogP contribution in [-0.4, -0.2) is 72.5 Å². The third-order valence-electron chi connectivity index (χ3n) is 5.58. The largest absolute Gasteiger partial charge is 0.493 e. The third kappa shape index (κ3) is 9.82. The Labute approximate surface area is 217 Å². The van der Waals surface area contributed by atoms with Gasteiger partial charge in [-0.25, -0.2) is 4.79 Å². The van der Waals surface area contributed by atoms with Crippen LogP contribution in [0.4, 0.5) is 10.5 Å². The number of aliphatic carboxylic acids is 1. The molecule has 11 nitrogen and oxygen atoms in total. The van der Waals surface area contributed by atoms with Crippen LogP contribution in [0, 0.1) is 0 Å². The number of hydrogen-bond donors (Lipinski definition) is 2. The number of anilines is 1. The van der Waals surface area contributed by atoms with E-state index in [0.29, 0.717) is 50.3 Å². The fraction of sp³-hybridized carbons (Fsp3) is 0.615. The van der Waals surface area contributed by atoms with E-state index in [1.807, 2.05) is 0 Å². The molecule has 1 aromatic carbocycles. The lowest BCUT2D eigenvalue weighted by molar-refractivity contribution is -0.142. The van der Waals surface area contributed by atoms with Crippen molar-refractivity contribution in [3.05, 3.63) is 17.7 Å². The highest BCUT2D eigenvalue weighted by Gasteiger charge is 2.33. The van der Waals surface area contributed by atoms with Crippen molar-refractivity contribution < 1.29 is 43.2 Å². The molecule has 1 atom stereocenters. The van der Waals surface area contributed by atoms with Crippen molar-refractivity contribution >= 4 is 29.6 Å². The summed E-state index contributed by atoms with van der Waals surface area (Å²) < 4.78 is 21.8. The molecule has 1 heterocycles. The summed E-state index contributed by atoms with van der Waals surface area (Å²) in [7, 11) is 1.45. The lowest BCUT2D eigenvalue weighted by Gasteiger charge is -2.26. The Balaban J connectivity index is 2.29. The summed E-state index contributed by atoms with van der Waals surface area (Å²) in [6.45, 7) is 7.38. The predicted molar refractivity (Wildman–Crippen MR) is 135 cm³/mol. The first-order valence-corrected chi connectivity index (χ1v) is 12.4. The van der Waals surface area contributed by atoms with Crippen LogP contribution in [0.5, 0.6) is 11.5 Å². The number of likely N-dealkylation sites (tertiary alicyclic amines) is 1. The van der Waals surface area contributed by atoms with E-state index in [2.05, 4.69) is 5.32 Å². The molecule has 2 N–H and O–H groups in total. The van der Waals surface area contributed by atoms with Gasteiger partial charge in [0, 0.05) is 26.0 Å². The second-order valence-electron chi connectivity index (χ2n) is 9.83. The number of ether oxygens (including phenoxy) is 4. The van der Waals surface area contributed by atoms with Gasteiger partial charge in [-0.15, -0.1) is 0 Å². The normalized spacial score (nSPS) is 15.2. The molecular weight excluding hydrogens is 484 g/mol. The third-order valence-corrected chi connectivity index (χ3v) is 5.58. The van der Waals surface area contributed by atoms with Gasteiger partial charge in [0.2, 0.25) is 0 Å². The van der Waals surface area contributed by atoms with Crippen LogP contribution in [-0.2, 0) is 19.1 Å². The van der Waals surface area contributed by atoms with Crippen LogP contribution in [0.2, 0.25) is 0 Å². The summed E-state index contributed by atoms with van der Waals surface area (Å²) in [6, 6.07) is 2.75. The standard InChI is InChI=1S/C26H38N2O9/c1-17(29)36-16-18-10-9-12-28(18)24(32)19-14-21(34-5)22(35-13-8-6-7-11-23(30)31)15-20(19)27-25(33)37-26(2,3)4/h14-15,18H,6-13,16H2,1-5H3,(H,27,33)(H,30,31)/t18-/m0/s1. The van der Waals surface area contributed by atoms with E-state index in [1.54, 1.807) is 25.7 Å². The molecule has 1 saturated heterocycles. The number of unbranched alkanes of at least 4 members (excludes halogenated alkanes) is 2. The maximum Gasteiger partial charge on any atom is 0.412 e. The molecule has 0 aliphatic carbocycles. The Morgan fingerprint density at radius 3 is 2.46 bits per heavy atom. The summed E-state index contributed by atoms with van der Waals surface area (Å²) in [6.07, 6.45) is 2.65. The highest BCUT2D eigenvalue weighted by molar-refractivity contribution is 6.04. The fourth-order valence-corrected chi connectivity index (χ4v) is 3.91. The molecule has 2 amide bonds. The van der Waals surface area contributed by atoms with Gasteiger partial charge in [-0.3, -0.25) is 19.7 Å². The average Bonchev–Trinajstić information content (AvgIpc) is 3.26. The quantitative estimate of drug-likeness (QED) is 0.305. The minimum atomic E-state index is -0.839. The van der Waals surface area contributed by atoms with Crippen molar-refractivity contribution in [3.8, 4) is 11.5 Å². The van der Waals surface area contributed by atoms with E-state index in [1.165, 1.54) is 26.2 Å². The average molecular weight is 523 g/mol. The Morgan fingerprint density at radius 2 is 1.84 bits per heavy atom.